The predicted octanol–water partition coefficient (Wildman–Crippen LogP) is 4.76. The molecule has 1 spiro atoms. The lowest BCUT2D eigenvalue weighted by Crippen LogP contribution is -2.58. The van der Waals surface area contributed by atoms with Crippen LogP contribution in [-0.2, 0) is 14.3 Å². The van der Waals surface area contributed by atoms with E-state index in [1.807, 2.05) is 6.08 Å². The summed E-state index contributed by atoms with van der Waals surface area (Å²) in [5.74, 6) is 1.36. The van der Waals surface area contributed by atoms with E-state index in [1.165, 1.54) is 5.57 Å². The maximum atomic E-state index is 12.0. The monoisotopic (exact) mass is 354 g/mol. The minimum atomic E-state index is -0.219. The molecule has 3 fully saturated rings. The van der Waals surface area contributed by atoms with E-state index in [9.17, 15) is 9.59 Å². The SMILES string of the molecule is CC12CC[C@@]3(C)C(C=CC4=CC(=O)CCC43C)C1CC[C@@]21CCC(=O)O1. The Labute approximate surface area is 156 Å². The Balaban J connectivity index is 1.58. The first-order valence-electron chi connectivity index (χ1n) is 10.4. The number of fused-ring (bicyclic) bond motifs is 6. The van der Waals surface area contributed by atoms with Crippen molar-refractivity contribution < 1.29 is 14.3 Å². The van der Waals surface area contributed by atoms with Crippen LogP contribution in [0.4, 0.5) is 0 Å². The summed E-state index contributed by atoms with van der Waals surface area (Å²) in [7, 11) is 0. The summed E-state index contributed by atoms with van der Waals surface area (Å²) in [6.45, 7) is 7.26. The number of hydrogen-bond acceptors (Lipinski definition) is 3. The first-order chi connectivity index (χ1) is 12.2. The van der Waals surface area contributed by atoms with Gasteiger partial charge in [0.1, 0.15) is 5.60 Å². The number of carbonyl (C=O) groups excluding carboxylic acids is 2. The highest BCUT2D eigenvalue weighted by molar-refractivity contribution is 5.92. The molecule has 0 aromatic heterocycles. The van der Waals surface area contributed by atoms with Crippen molar-refractivity contribution in [3.8, 4) is 0 Å². The van der Waals surface area contributed by atoms with Crippen molar-refractivity contribution >= 4 is 11.8 Å². The molecule has 1 aliphatic heterocycles. The van der Waals surface area contributed by atoms with Crippen LogP contribution in [0.25, 0.3) is 0 Å². The molecule has 5 aliphatic rings. The van der Waals surface area contributed by atoms with Gasteiger partial charge in [0.2, 0.25) is 0 Å². The van der Waals surface area contributed by atoms with Crippen molar-refractivity contribution in [1.29, 1.82) is 0 Å². The highest BCUT2D eigenvalue weighted by atomic mass is 16.6. The molecule has 4 aliphatic carbocycles. The number of ether oxygens (including phenoxy) is 1. The van der Waals surface area contributed by atoms with Crippen molar-refractivity contribution in [3.05, 3.63) is 23.8 Å². The molecule has 0 radical (unpaired) electrons. The average Bonchev–Trinajstić information content (AvgIpc) is 3.11. The van der Waals surface area contributed by atoms with E-state index in [0.29, 0.717) is 24.7 Å². The van der Waals surface area contributed by atoms with Crippen LogP contribution in [0.5, 0.6) is 0 Å². The molecule has 5 rings (SSSR count). The van der Waals surface area contributed by atoms with E-state index in [-0.39, 0.29) is 33.6 Å². The third kappa shape index (κ3) is 1.75. The Hall–Kier alpha value is -1.38. The summed E-state index contributed by atoms with van der Waals surface area (Å²) >= 11 is 0. The van der Waals surface area contributed by atoms with Crippen LogP contribution in [0.3, 0.4) is 0 Å². The van der Waals surface area contributed by atoms with Crippen LogP contribution in [0.15, 0.2) is 23.8 Å². The molecule has 1 heterocycles. The van der Waals surface area contributed by atoms with Crippen molar-refractivity contribution in [3.63, 3.8) is 0 Å². The molecule has 2 saturated carbocycles. The van der Waals surface area contributed by atoms with E-state index in [0.717, 1.165) is 38.5 Å². The van der Waals surface area contributed by atoms with E-state index in [1.54, 1.807) is 0 Å². The number of carbonyl (C=O) groups is 2. The number of rotatable bonds is 0. The topological polar surface area (TPSA) is 43.4 Å². The zero-order valence-corrected chi connectivity index (χ0v) is 16.3. The molecule has 3 nitrogen and oxygen atoms in total. The summed E-state index contributed by atoms with van der Waals surface area (Å²) in [5, 5.41) is 0. The smallest absolute Gasteiger partial charge is 0.306 e. The van der Waals surface area contributed by atoms with E-state index in [4.69, 9.17) is 4.74 Å². The standard InChI is InChI=1S/C23H30O3/c1-20-9-6-16(24)14-15(20)4-5-17-18-7-10-23(11-8-19(25)26-23)22(18,3)13-12-21(17,20)2/h4-5,14,17-18H,6-13H2,1-3H3/t17?,18?,20?,21-,22?,23+/m0/s1. The second kappa shape index (κ2) is 4.91. The van der Waals surface area contributed by atoms with Crippen molar-refractivity contribution in [2.24, 2.45) is 28.1 Å². The van der Waals surface area contributed by atoms with E-state index >= 15 is 0 Å². The minimum absolute atomic E-state index is 0.00220. The Morgan fingerprint density at radius 3 is 2.46 bits per heavy atom. The average molecular weight is 354 g/mol. The van der Waals surface area contributed by atoms with Crippen LogP contribution >= 0.6 is 0 Å². The van der Waals surface area contributed by atoms with Crippen LogP contribution in [0.1, 0.15) is 72.1 Å². The molecule has 0 bridgehead atoms. The van der Waals surface area contributed by atoms with Gasteiger partial charge >= 0.3 is 5.97 Å². The second-order valence-corrected chi connectivity index (χ2v) is 10.2. The van der Waals surface area contributed by atoms with Crippen LogP contribution in [0.2, 0.25) is 0 Å². The largest absolute Gasteiger partial charge is 0.458 e. The maximum Gasteiger partial charge on any atom is 0.306 e. The molecule has 3 heteroatoms. The van der Waals surface area contributed by atoms with Gasteiger partial charge in [-0.3, -0.25) is 9.59 Å². The summed E-state index contributed by atoms with van der Waals surface area (Å²) in [5.41, 5.74) is 1.39. The molecule has 0 aromatic carbocycles. The lowest BCUT2D eigenvalue weighted by molar-refractivity contribution is -0.171. The van der Waals surface area contributed by atoms with Gasteiger partial charge < -0.3 is 4.74 Å². The number of hydrogen-bond donors (Lipinski definition) is 0. The lowest BCUT2D eigenvalue weighted by atomic mass is 9.41. The number of esters is 1. The molecule has 26 heavy (non-hydrogen) atoms. The fourth-order valence-electron chi connectivity index (χ4n) is 7.62. The fraction of sp³-hybridized carbons (Fsp3) is 0.739. The molecular weight excluding hydrogens is 324 g/mol. The summed E-state index contributed by atoms with van der Waals surface area (Å²) < 4.78 is 6.02. The van der Waals surface area contributed by atoms with Crippen LogP contribution in [-0.4, -0.2) is 17.4 Å². The zero-order valence-electron chi connectivity index (χ0n) is 16.3. The summed E-state index contributed by atoms with van der Waals surface area (Å²) in [4.78, 5) is 24.0. The third-order valence-corrected chi connectivity index (χ3v) is 9.66. The normalized spacial score (nSPS) is 52.3. The maximum absolute atomic E-state index is 12.0. The first-order valence-corrected chi connectivity index (χ1v) is 10.4. The molecular formula is C23H30O3. The zero-order chi connectivity index (χ0) is 18.4. The van der Waals surface area contributed by atoms with Crippen LogP contribution < -0.4 is 0 Å². The van der Waals surface area contributed by atoms with Crippen molar-refractivity contribution in [1.82, 2.24) is 0 Å². The van der Waals surface area contributed by atoms with Gasteiger partial charge in [-0.2, -0.15) is 0 Å². The quantitative estimate of drug-likeness (QED) is 0.589. The van der Waals surface area contributed by atoms with Gasteiger partial charge in [-0.15, -0.1) is 0 Å². The van der Waals surface area contributed by atoms with Gasteiger partial charge in [0.15, 0.2) is 5.78 Å². The first kappa shape index (κ1) is 16.8. The van der Waals surface area contributed by atoms with E-state index in [2.05, 4.69) is 32.9 Å². The van der Waals surface area contributed by atoms with Gasteiger partial charge in [0.25, 0.3) is 0 Å². The van der Waals surface area contributed by atoms with Gasteiger partial charge in [-0.25, -0.2) is 0 Å². The molecule has 1 saturated heterocycles. The third-order valence-electron chi connectivity index (χ3n) is 9.66. The number of ketones is 1. The molecule has 0 aromatic rings. The Morgan fingerprint density at radius 1 is 0.962 bits per heavy atom. The summed E-state index contributed by atoms with van der Waals surface area (Å²) in [6.07, 6.45) is 14.2. The van der Waals surface area contributed by atoms with Gasteiger partial charge in [-0.05, 0) is 72.8 Å². The fourth-order valence-corrected chi connectivity index (χ4v) is 7.62. The van der Waals surface area contributed by atoms with Gasteiger partial charge in [-0.1, -0.05) is 32.9 Å². The summed E-state index contributed by atoms with van der Waals surface area (Å²) in [6, 6.07) is 0. The highest BCUT2D eigenvalue weighted by Gasteiger charge is 2.69. The second-order valence-electron chi connectivity index (χ2n) is 10.2. The van der Waals surface area contributed by atoms with Crippen molar-refractivity contribution in [2.45, 2.75) is 77.7 Å². The minimum Gasteiger partial charge on any atom is -0.458 e. The Kier molecular flexibility index (Phi) is 3.17. The van der Waals surface area contributed by atoms with Gasteiger partial charge in [0, 0.05) is 18.3 Å². The Morgan fingerprint density at radius 2 is 1.73 bits per heavy atom. The molecule has 0 amide bonds. The molecule has 4 unspecified atom stereocenters. The molecule has 140 valence electrons. The Bertz CT molecular complexity index is 763. The molecule has 6 atom stereocenters. The highest BCUT2D eigenvalue weighted by Crippen LogP contribution is 2.72. The van der Waals surface area contributed by atoms with E-state index < -0.39 is 0 Å². The lowest BCUT2D eigenvalue weighted by Gasteiger charge is -2.63. The number of allylic oxidation sites excluding steroid dienone is 4. The van der Waals surface area contributed by atoms with Crippen LogP contribution in [0, 0.1) is 28.1 Å². The van der Waals surface area contributed by atoms with Crippen molar-refractivity contribution in [2.75, 3.05) is 0 Å². The molecule has 0 N–H and O–H groups in total. The van der Waals surface area contributed by atoms with Gasteiger partial charge in [0.05, 0.1) is 0 Å². The predicted molar refractivity (Wildman–Crippen MR) is 99.3 cm³/mol.